The van der Waals surface area contributed by atoms with E-state index in [1.807, 2.05) is 19.1 Å². The Balaban J connectivity index is 1.43. The van der Waals surface area contributed by atoms with Gasteiger partial charge in [0.1, 0.15) is 11.6 Å². The summed E-state index contributed by atoms with van der Waals surface area (Å²) in [5.74, 6) is 3.41. The van der Waals surface area contributed by atoms with Crippen LogP contribution < -0.4 is 0 Å². The molecule has 3 aromatic rings. The Kier molecular flexibility index (Phi) is 6.84. The van der Waals surface area contributed by atoms with Crippen molar-refractivity contribution in [3.63, 3.8) is 0 Å². The van der Waals surface area contributed by atoms with Crippen molar-refractivity contribution < 1.29 is 17.6 Å². The lowest BCUT2D eigenvalue weighted by Gasteiger charge is -2.26. The Labute approximate surface area is 186 Å². The summed E-state index contributed by atoms with van der Waals surface area (Å²) in [5, 5.41) is 0.981. The highest BCUT2D eigenvalue weighted by molar-refractivity contribution is 5.84. The number of benzene rings is 3. The first-order valence-electron chi connectivity index (χ1n) is 11.3. The monoisotopic (exact) mass is 438 g/mol. The maximum absolute atomic E-state index is 14.4. The Morgan fingerprint density at radius 1 is 0.844 bits per heavy atom. The summed E-state index contributed by atoms with van der Waals surface area (Å²) in [5.41, 5.74) is 1.64. The molecule has 0 spiro atoms. The van der Waals surface area contributed by atoms with E-state index < -0.39 is 23.3 Å². The average Bonchev–Trinajstić information content (AvgIpc) is 2.80. The van der Waals surface area contributed by atoms with Crippen molar-refractivity contribution in [2.24, 2.45) is 5.92 Å². The normalized spacial score (nSPS) is 18.4. The van der Waals surface area contributed by atoms with Crippen molar-refractivity contribution in [3.05, 3.63) is 82.4 Å². The standard InChI is InChI=1S/C28H26F4/c1-2-3-4-19-15-26(30)24(27(31)16-19)12-7-18-5-8-20(9-6-18)21-10-13-23-22(17-21)11-14-25(29)28(23)32/h10-11,13-18,20H,2-6,8-9H2,1H3. The highest BCUT2D eigenvalue weighted by atomic mass is 19.2. The van der Waals surface area contributed by atoms with Crippen LogP contribution in [0, 0.1) is 41.0 Å². The van der Waals surface area contributed by atoms with E-state index >= 15 is 0 Å². The molecular formula is C28H26F4. The maximum atomic E-state index is 14.4. The molecule has 0 saturated heterocycles. The minimum atomic E-state index is -0.840. The summed E-state index contributed by atoms with van der Waals surface area (Å²) in [6.07, 6.45) is 6.01. The molecule has 0 N–H and O–H groups in total. The zero-order chi connectivity index (χ0) is 22.7. The third-order valence-electron chi connectivity index (χ3n) is 6.45. The van der Waals surface area contributed by atoms with Crippen LogP contribution in [0.15, 0.2) is 42.5 Å². The second-order valence-corrected chi connectivity index (χ2v) is 8.70. The van der Waals surface area contributed by atoms with Crippen LogP contribution in [0.2, 0.25) is 0 Å². The van der Waals surface area contributed by atoms with Gasteiger partial charge in [-0.15, -0.1) is 0 Å². The molecule has 32 heavy (non-hydrogen) atoms. The van der Waals surface area contributed by atoms with Crippen LogP contribution in [-0.4, -0.2) is 0 Å². The van der Waals surface area contributed by atoms with Crippen LogP contribution in [0.4, 0.5) is 17.6 Å². The lowest BCUT2D eigenvalue weighted by Crippen LogP contribution is -2.12. The highest BCUT2D eigenvalue weighted by Gasteiger charge is 2.22. The fourth-order valence-electron chi connectivity index (χ4n) is 4.55. The van der Waals surface area contributed by atoms with E-state index in [1.54, 1.807) is 12.1 Å². The summed E-state index contributed by atoms with van der Waals surface area (Å²) < 4.78 is 56.1. The smallest absolute Gasteiger partial charge is 0.166 e. The van der Waals surface area contributed by atoms with Gasteiger partial charge >= 0.3 is 0 Å². The van der Waals surface area contributed by atoms with Gasteiger partial charge in [0, 0.05) is 11.3 Å². The Hall–Kier alpha value is -2.80. The molecule has 1 saturated carbocycles. The molecular weight excluding hydrogens is 412 g/mol. The van der Waals surface area contributed by atoms with Crippen LogP contribution in [0.1, 0.15) is 68.1 Å². The molecule has 166 valence electrons. The van der Waals surface area contributed by atoms with Gasteiger partial charge in [-0.1, -0.05) is 49.5 Å². The lowest BCUT2D eigenvalue weighted by molar-refractivity contribution is 0.385. The van der Waals surface area contributed by atoms with Crippen molar-refractivity contribution in [2.45, 2.75) is 57.8 Å². The maximum Gasteiger partial charge on any atom is 0.166 e. The summed E-state index contributed by atoms with van der Waals surface area (Å²) in [4.78, 5) is 0. The fraction of sp³-hybridized carbons (Fsp3) is 0.357. The van der Waals surface area contributed by atoms with E-state index in [9.17, 15) is 17.6 Å². The van der Waals surface area contributed by atoms with Crippen molar-refractivity contribution in [3.8, 4) is 11.8 Å². The third-order valence-corrected chi connectivity index (χ3v) is 6.45. The van der Waals surface area contributed by atoms with Gasteiger partial charge in [-0.2, -0.15) is 0 Å². The molecule has 0 bridgehead atoms. The summed E-state index contributed by atoms with van der Waals surface area (Å²) in [6.45, 7) is 2.04. The largest absolute Gasteiger partial charge is 0.206 e. The van der Waals surface area contributed by atoms with E-state index in [0.29, 0.717) is 23.3 Å². The van der Waals surface area contributed by atoms with E-state index in [1.165, 1.54) is 12.1 Å². The summed E-state index contributed by atoms with van der Waals surface area (Å²) in [7, 11) is 0. The van der Waals surface area contributed by atoms with E-state index in [4.69, 9.17) is 0 Å². The summed E-state index contributed by atoms with van der Waals surface area (Å²) >= 11 is 0. The van der Waals surface area contributed by atoms with Crippen molar-refractivity contribution in [2.75, 3.05) is 0 Å². The van der Waals surface area contributed by atoms with Gasteiger partial charge in [0.2, 0.25) is 0 Å². The van der Waals surface area contributed by atoms with Crippen LogP contribution in [0.3, 0.4) is 0 Å². The molecule has 1 aliphatic rings. The molecule has 0 nitrogen and oxygen atoms in total. The van der Waals surface area contributed by atoms with Gasteiger partial charge in [-0.3, -0.25) is 0 Å². The zero-order valence-electron chi connectivity index (χ0n) is 18.2. The van der Waals surface area contributed by atoms with E-state index in [-0.39, 0.29) is 16.9 Å². The van der Waals surface area contributed by atoms with E-state index in [2.05, 4.69) is 11.8 Å². The zero-order valence-corrected chi connectivity index (χ0v) is 18.2. The van der Waals surface area contributed by atoms with Crippen molar-refractivity contribution >= 4 is 10.8 Å². The first kappa shape index (κ1) is 22.4. The number of unbranched alkanes of at least 4 members (excludes halogenated alkanes) is 1. The molecule has 0 aliphatic heterocycles. The van der Waals surface area contributed by atoms with Gasteiger partial charge in [0.25, 0.3) is 0 Å². The van der Waals surface area contributed by atoms with Gasteiger partial charge < -0.3 is 0 Å². The minimum absolute atomic E-state index is 0.0943. The highest BCUT2D eigenvalue weighted by Crippen LogP contribution is 2.37. The fourth-order valence-corrected chi connectivity index (χ4v) is 4.55. The average molecular weight is 439 g/mol. The first-order valence-corrected chi connectivity index (χ1v) is 11.3. The van der Waals surface area contributed by atoms with Crippen LogP contribution in [0.5, 0.6) is 0 Å². The molecule has 3 aromatic carbocycles. The van der Waals surface area contributed by atoms with E-state index in [0.717, 1.165) is 50.2 Å². The molecule has 0 aromatic heterocycles. The van der Waals surface area contributed by atoms with Gasteiger partial charge in [0.05, 0.1) is 5.56 Å². The minimum Gasteiger partial charge on any atom is -0.206 e. The van der Waals surface area contributed by atoms with Crippen molar-refractivity contribution in [1.29, 1.82) is 0 Å². The number of rotatable bonds is 4. The van der Waals surface area contributed by atoms with Crippen LogP contribution in [-0.2, 0) is 6.42 Å². The molecule has 0 radical (unpaired) electrons. The Morgan fingerprint density at radius 2 is 1.56 bits per heavy atom. The number of halogens is 4. The molecule has 0 unspecified atom stereocenters. The number of aryl methyl sites for hydroxylation is 1. The number of hydrogen-bond acceptors (Lipinski definition) is 0. The van der Waals surface area contributed by atoms with Crippen molar-refractivity contribution in [1.82, 2.24) is 0 Å². The molecule has 1 aliphatic carbocycles. The number of fused-ring (bicyclic) bond motifs is 1. The van der Waals surface area contributed by atoms with Crippen LogP contribution >= 0.6 is 0 Å². The second kappa shape index (κ2) is 9.77. The molecule has 4 heteroatoms. The Morgan fingerprint density at radius 3 is 2.25 bits per heavy atom. The molecule has 4 rings (SSSR count). The quantitative estimate of drug-likeness (QED) is 0.285. The molecule has 0 amide bonds. The predicted molar refractivity (Wildman–Crippen MR) is 120 cm³/mol. The van der Waals surface area contributed by atoms with Gasteiger partial charge in [0.15, 0.2) is 11.6 Å². The summed E-state index contributed by atoms with van der Waals surface area (Å²) in [6, 6.07) is 11.0. The predicted octanol–water partition coefficient (Wildman–Crippen LogP) is 8.06. The molecule has 0 atom stereocenters. The van der Waals surface area contributed by atoms with Gasteiger partial charge in [-0.05, 0) is 79.2 Å². The molecule has 1 fully saturated rings. The first-order chi connectivity index (χ1) is 15.5. The topological polar surface area (TPSA) is 0 Å². The Bertz CT molecular complexity index is 1150. The van der Waals surface area contributed by atoms with Gasteiger partial charge in [-0.25, -0.2) is 17.6 Å². The SMILES string of the molecule is CCCCc1cc(F)c(C#CC2CCC(c3ccc4c(F)c(F)ccc4c3)CC2)c(F)c1. The second-order valence-electron chi connectivity index (χ2n) is 8.70. The third kappa shape index (κ3) is 4.83. The number of hydrogen-bond donors (Lipinski definition) is 0. The molecule has 0 heterocycles. The van der Waals surface area contributed by atoms with Crippen LogP contribution in [0.25, 0.3) is 10.8 Å². The lowest BCUT2D eigenvalue weighted by atomic mass is 9.78.